The normalized spacial score (nSPS) is 16.1. The fourth-order valence-corrected chi connectivity index (χ4v) is 3.61. The van der Waals surface area contributed by atoms with E-state index >= 15 is 0 Å². The smallest absolute Gasteiger partial charge is 0.321 e. The first kappa shape index (κ1) is 20.0. The molecule has 1 fully saturated rings. The van der Waals surface area contributed by atoms with Crippen LogP contribution in [0.2, 0.25) is 0 Å². The average Bonchev–Trinajstić information content (AvgIpc) is 3.49. The predicted octanol–water partition coefficient (Wildman–Crippen LogP) is 3.93. The monoisotopic (exact) mass is 409 g/mol. The van der Waals surface area contributed by atoms with Gasteiger partial charge in [-0.1, -0.05) is 6.07 Å². The summed E-state index contributed by atoms with van der Waals surface area (Å²) in [5, 5.41) is 16.7. The van der Waals surface area contributed by atoms with Crippen LogP contribution < -0.4 is 5.32 Å². The van der Waals surface area contributed by atoms with Crippen molar-refractivity contribution in [1.29, 1.82) is 5.26 Å². The van der Waals surface area contributed by atoms with Crippen LogP contribution in [0.5, 0.6) is 0 Å². The Labute approximate surface area is 172 Å². The summed E-state index contributed by atoms with van der Waals surface area (Å²) in [5.74, 6) is -4.34. The van der Waals surface area contributed by atoms with Crippen LogP contribution in [0.15, 0.2) is 42.7 Å². The van der Waals surface area contributed by atoms with Gasteiger partial charge in [-0.15, -0.1) is 0 Å². The van der Waals surface area contributed by atoms with Gasteiger partial charge in [-0.3, -0.25) is 14.5 Å². The molecule has 154 valence electrons. The molecule has 1 aliphatic rings. The van der Waals surface area contributed by atoms with E-state index in [1.165, 1.54) is 0 Å². The summed E-state index contributed by atoms with van der Waals surface area (Å²) >= 11 is 0. The van der Waals surface area contributed by atoms with Gasteiger partial charge in [0.2, 0.25) is 0 Å². The van der Waals surface area contributed by atoms with Gasteiger partial charge in [0.1, 0.15) is 0 Å². The Morgan fingerprint density at radius 3 is 2.67 bits per heavy atom. The first-order valence-corrected chi connectivity index (χ1v) is 9.80. The number of nitrogens with one attached hydrogen (secondary N) is 1. The molecule has 0 bridgehead atoms. The number of hydrogen-bond acceptors (Lipinski definition) is 4. The molecular weight excluding hydrogens is 388 g/mol. The molecule has 0 radical (unpaired) electrons. The molecule has 3 aromatic rings. The molecular formula is C22H21F2N5O. The first-order valence-electron chi connectivity index (χ1n) is 9.80. The van der Waals surface area contributed by atoms with Crippen molar-refractivity contribution in [1.82, 2.24) is 20.1 Å². The van der Waals surface area contributed by atoms with Crippen molar-refractivity contribution in [2.45, 2.75) is 50.6 Å². The van der Waals surface area contributed by atoms with Gasteiger partial charge < -0.3 is 5.32 Å². The molecule has 1 saturated carbocycles. The van der Waals surface area contributed by atoms with Gasteiger partial charge >= 0.3 is 5.92 Å². The van der Waals surface area contributed by atoms with Crippen LogP contribution in [-0.4, -0.2) is 32.6 Å². The summed E-state index contributed by atoms with van der Waals surface area (Å²) in [4.78, 5) is 16.5. The van der Waals surface area contributed by atoms with Gasteiger partial charge in [0.15, 0.2) is 0 Å². The van der Waals surface area contributed by atoms with E-state index in [-0.39, 0.29) is 0 Å². The number of nitrogens with zero attached hydrogens (tertiary/aromatic N) is 4. The first-order chi connectivity index (χ1) is 14.3. The maximum Gasteiger partial charge on any atom is 0.321 e. The van der Waals surface area contributed by atoms with Crippen molar-refractivity contribution < 1.29 is 13.6 Å². The van der Waals surface area contributed by atoms with Gasteiger partial charge in [-0.05, 0) is 49.6 Å². The lowest BCUT2D eigenvalue weighted by molar-refractivity contribution is -0.143. The van der Waals surface area contributed by atoms with Crippen molar-refractivity contribution >= 4 is 16.8 Å². The van der Waals surface area contributed by atoms with Gasteiger partial charge in [-0.25, -0.2) is 0 Å². The van der Waals surface area contributed by atoms with Crippen LogP contribution >= 0.6 is 0 Å². The van der Waals surface area contributed by atoms with E-state index in [0.717, 1.165) is 35.0 Å². The summed E-state index contributed by atoms with van der Waals surface area (Å²) in [6.07, 6.45) is 5.60. The van der Waals surface area contributed by atoms with Crippen LogP contribution in [0.3, 0.4) is 0 Å². The number of rotatable bonds is 6. The number of benzene rings is 1. The molecule has 1 N–H and O–H groups in total. The zero-order chi connectivity index (χ0) is 21.5. The second-order valence-corrected chi connectivity index (χ2v) is 7.86. The Balaban J connectivity index is 1.75. The molecule has 2 atom stereocenters. The standard InChI is InChI=1S/C22H21F2N5O/c1-13(28-21(30)22(2,23)24)20(16-6-7-18(26-11-16)15-4-5-15)29-19-8-3-14(10-25)9-17(19)12-27-29/h3,6-9,11-13,15,20H,4-5H2,1-2H3,(H,28,30)/t13-,20-/m0/s1. The highest BCUT2D eigenvalue weighted by Gasteiger charge is 2.35. The lowest BCUT2D eigenvalue weighted by Crippen LogP contribution is -2.46. The van der Waals surface area contributed by atoms with E-state index in [4.69, 9.17) is 5.26 Å². The second-order valence-electron chi connectivity index (χ2n) is 7.86. The molecule has 1 aromatic carbocycles. The number of aromatic nitrogens is 3. The third kappa shape index (κ3) is 3.88. The van der Waals surface area contributed by atoms with Crippen molar-refractivity contribution in [3.63, 3.8) is 0 Å². The Kier molecular flexibility index (Phi) is 4.98. The number of carbonyl (C=O) groups is 1. The van der Waals surface area contributed by atoms with Gasteiger partial charge in [0.05, 0.1) is 35.4 Å². The fraction of sp³-hybridized carbons (Fsp3) is 0.364. The number of amides is 1. The number of pyridine rings is 1. The lowest BCUT2D eigenvalue weighted by atomic mass is 10.0. The molecule has 30 heavy (non-hydrogen) atoms. The van der Waals surface area contributed by atoms with Gasteiger partial charge in [0.25, 0.3) is 5.91 Å². The maximum atomic E-state index is 13.5. The predicted molar refractivity (Wildman–Crippen MR) is 107 cm³/mol. The van der Waals surface area contributed by atoms with Gasteiger partial charge in [0, 0.05) is 30.1 Å². The molecule has 0 saturated heterocycles. The van der Waals surface area contributed by atoms with Crippen molar-refractivity contribution in [3.05, 3.63) is 59.5 Å². The van der Waals surface area contributed by atoms with Crippen molar-refractivity contribution in [2.75, 3.05) is 0 Å². The maximum absolute atomic E-state index is 13.5. The van der Waals surface area contributed by atoms with Gasteiger partial charge in [-0.2, -0.15) is 19.1 Å². The number of carbonyl (C=O) groups excluding carboxylic acids is 1. The third-order valence-electron chi connectivity index (χ3n) is 5.37. The SMILES string of the molecule is C[C@H](NC(=O)C(C)(F)F)[C@@H](c1ccc(C2CC2)nc1)n1ncc2cc(C#N)ccc21. The highest BCUT2D eigenvalue weighted by molar-refractivity contribution is 5.83. The molecule has 1 amide bonds. The minimum absolute atomic E-state index is 0.489. The fourth-order valence-electron chi connectivity index (χ4n) is 3.61. The molecule has 0 spiro atoms. The van der Waals surface area contributed by atoms with Crippen molar-refractivity contribution in [3.8, 4) is 6.07 Å². The summed E-state index contributed by atoms with van der Waals surface area (Å²) in [5.41, 5.74) is 3.00. The van der Waals surface area contributed by atoms with Crippen LogP contribution in [-0.2, 0) is 4.79 Å². The topological polar surface area (TPSA) is 83.6 Å². The number of halogens is 2. The molecule has 0 aliphatic heterocycles. The minimum Gasteiger partial charge on any atom is -0.346 e. The summed E-state index contributed by atoms with van der Waals surface area (Å²) in [6, 6.07) is 9.87. The largest absolute Gasteiger partial charge is 0.346 e. The number of fused-ring (bicyclic) bond motifs is 1. The summed E-state index contributed by atoms with van der Waals surface area (Å²) < 4.78 is 28.7. The highest BCUT2D eigenvalue weighted by atomic mass is 19.3. The highest BCUT2D eigenvalue weighted by Crippen LogP contribution is 2.39. The third-order valence-corrected chi connectivity index (χ3v) is 5.37. The molecule has 8 heteroatoms. The van der Waals surface area contributed by atoms with E-state index in [2.05, 4.69) is 21.5 Å². The Bertz CT molecular complexity index is 1120. The van der Waals surface area contributed by atoms with E-state index in [0.29, 0.717) is 18.4 Å². The molecule has 1 aliphatic carbocycles. The second kappa shape index (κ2) is 7.48. The number of alkyl halides is 2. The molecule has 0 unspecified atom stereocenters. The summed E-state index contributed by atoms with van der Waals surface area (Å²) in [6.45, 7) is 2.24. The van der Waals surface area contributed by atoms with Crippen LogP contribution in [0.25, 0.3) is 10.9 Å². The van der Waals surface area contributed by atoms with Crippen LogP contribution in [0.4, 0.5) is 8.78 Å². The summed E-state index contributed by atoms with van der Waals surface area (Å²) in [7, 11) is 0. The Hall–Kier alpha value is -3.34. The molecule has 6 nitrogen and oxygen atoms in total. The molecule has 4 rings (SSSR count). The van der Waals surface area contributed by atoms with E-state index < -0.39 is 23.9 Å². The quantitative estimate of drug-likeness (QED) is 0.669. The van der Waals surface area contributed by atoms with Crippen molar-refractivity contribution in [2.24, 2.45) is 0 Å². The zero-order valence-corrected chi connectivity index (χ0v) is 16.6. The number of nitriles is 1. The van der Waals surface area contributed by atoms with E-state index in [1.807, 2.05) is 12.1 Å². The number of hydrogen-bond donors (Lipinski definition) is 1. The van der Waals surface area contributed by atoms with Crippen LogP contribution in [0.1, 0.15) is 55.5 Å². The Morgan fingerprint density at radius 1 is 1.30 bits per heavy atom. The van der Waals surface area contributed by atoms with E-state index in [9.17, 15) is 13.6 Å². The minimum atomic E-state index is -3.49. The molecule has 2 aromatic heterocycles. The van der Waals surface area contributed by atoms with E-state index in [1.54, 1.807) is 42.2 Å². The zero-order valence-electron chi connectivity index (χ0n) is 16.6. The lowest BCUT2D eigenvalue weighted by Gasteiger charge is -2.27. The van der Waals surface area contributed by atoms with Crippen LogP contribution in [0, 0.1) is 11.3 Å². The molecule has 2 heterocycles. The average molecular weight is 409 g/mol. The Morgan fingerprint density at radius 2 is 2.07 bits per heavy atom.